The molecule has 1 fully saturated rings. The van der Waals surface area contributed by atoms with Gasteiger partial charge in [0.1, 0.15) is 5.60 Å². The van der Waals surface area contributed by atoms with Gasteiger partial charge in [0.15, 0.2) is 0 Å². The van der Waals surface area contributed by atoms with Gasteiger partial charge in [-0.05, 0) is 32.6 Å². The molecule has 1 atom stereocenters. The number of alkyl carbamates (subject to hydrolysis) is 1. The molecule has 0 bridgehead atoms. The van der Waals surface area contributed by atoms with Gasteiger partial charge in [-0.3, -0.25) is 0 Å². The van der Waals surface area contributed by atoms with Crippen LogP contribution in [0.5, 0.6) is 0 Å². The van der Waals surface area contributed by atoms with Crippen LogP contribution < -0.4 is 10.6 Å². The van der Waals surface area contributed by atoms with Crippen molar-refractivity contribution in [3.05, 3.63) is 0 Å². The van der Waals surface area contributed by atoms with Crippen molar-refractivity contribution in [1.29, 1.82) is 0 Å². The molecule has 1 heterocycles. The van der Waals surface area contributed by atoms with Crippen LogP contribution in [0.15, 0.2) is 0 Å². The molecule has 0 saturated carbocycles. The Morgan fingerprint density at radius 1 is 1.32 bits per heavy atom. The lowest BCUT2D eigenvalue weighted by Gasteiger charge is -2.43. The SMILES string of the molecule is CC(C)(C)OC(=O)NC(CC1(O)CNC1)C(C)(C)C. The monoisotopic (exact) mass is 272 g/mol. The van der Waals surface area contributed by atoms with Crippen LogP contribution in [-0.2, 0) is 4.74 Å². The molecule has 1 amide bonds. The van der Waals surface area contributed by atoms with Crippen LogP contribution in [0, 0.1) is 5.41 Å². The minimum absolute atomic E-state index is 0.130. The van der Waals surface area contributed by atoms with Crippen LogP contribution >= 0.6 is 0 Å². The maximum Gasteiger partial charge on any atom is 0.407 e. The van der Waals surface area contributed by atoms with E-state index in [1.165, 1.54) is 0 Å². The van der Waals surface area contributed by atoms with Crippen molar-refractivity contribution < 1.29 is 14.6 Å². The lowest BCUT2D eigenvalue weighted by Crippen LogP contribution is -2.63. The topological polar surface area (TPSA) is 70.6 Å². The predicted octanol–water partition coefficient (Wildman–Crippen LogP) is 1.65. The molecule has 1 aliphatic heterocycles. The van der Waals surface area contributed by atoms with E-state index in [0.29, 0.717) is 19.5 Å². The van der Waals surface area contributed by atoms with Crippen LogP contribution in [0.3, 0.4) is 0 Å². The molecule has 3 N–H and O–H groups in total. The molecule has 0 aliphatic carbocycles. The van der Waals surface area contributed by atoms with Crippen molar-refractivity contribution in [2.75, 3.05) is 13.1 Å². The number of amides is 1. The van der Waals surface area contributed by atoms with Gasteiger partial charge in [-0.1, -0.05) is 20.8 Å². The molecule has 0 radical (unpaired) electrons. The van der Waals surface area contributed by atoms with E-state index in [9.17, 15) is 9.90 Å². The highest BCUT2D eigenvalue weighted by molar-refractivity contribution is 5.68. The van der Waals surface area contributed by atoms with E-state index in [0.717, 1.165) is 0 Å². The number of carbonyl (C=O) groups excluding carboxylic acids is 1. The zero-order valence-electron chi connectivity index (χ0n) is 13.0. The number of nitrogens with one attached hydrogen (secondary N) is 2. The van der Waals surface area contributed by atoms with E-state index in [4.69, 9.17) is 4.74 Å². The quantitative estimate of drug-likeness (QED) is 0.730. The Morgan fingerprint density at radius 3 is 2.16 bits per heavy atom. The minimum Gasteiger partial charge on any atom is -0.444 e. The smallest absolute Gasteiger partial charge is 0.407 e. The number of aliphatic hydroxyl groups is 1. The Bertz CT molecular complexity index is 325. The third kappa shape index (κ3) is 5.37. The first-order chi connectivity index (χ1) is 8.41. The van der Waals surface area contributed by atoms with Crippen LogP contribution in [0.2, 0.25) is 0 Å². The molecule has 19 heavy (non-hydrogen) atoms. The zero-order valence-corrected chi connectivity index (χ0v) is 13.0. The number of hydrogen-bond acceptors (Lipinski definition) is 4. The van der Waals surface area contributed by atoms with Crippen molar-refractivity contribution in [1.82, 2.24) is 10.6 Å². The van der Waals surface area contributed by atoms with E-state index >= 15 is 0 Å². The first-order valence-corrected chi connectivity index (χ1v) is 6.84. The fraction of sp³-hybridized carbons (Fsp3) is 0.929. The van der Waals surface area contributed by atoms with Crippen molar-refractivity contribution in [2.45, 2.75) is 65.2 Å². The Balaban J connectivity index is 2.63. The van der Waals surface area contributed by atoms with Crippen LogP contribution in [0.4, 0.5) is 4.79 Å². The molecular weight excluding hydrogens is 244 g/mol. The van der Waals surface area contributed by atoms with E-state index in [1.807, 2.05) is 41.5 Å². The summed E-state index contributed by atoms with van der Waals surface area (Å²) < 4.78 is 5.28. The van der Waals surface area contributed by atoms with Gasteiger partial charge in [-0.15, -0.1) is 0 Å². The first kappa shape index (κ1) is 16.2. The summed E-state index contributed by atoms with van der Waals surface area (Å²) in [6.07, 6.45) is 0.103. The molecule has 1 unspecified atom stereocenters. The predicted molar refractivity (Wildman–Crippen MR) is 75.0 cm³/mol. The highest BCUT2D eigenvalue weighted by atomic mass is 16.6. The standard InChI is InChI=1S/C14H28N2O3/c1-12(2,3)10(7-14(18)8-15-9-14)16-11(17)19-13(4,5)6/h10,15,18H,7-9H2,1-6H3,(H,16,17). The molecule has 5 heteroatoms. The second-order valence-electron chi connectivity index (χ2n) is 7.60. The highest BCUT2D eigenvalue weighted by Crippen LogP contribution is 2.28. The molecular formula is C14H28N2O3. The van der Waals surface area contributed by atoms with E-state index in [2.05, 4.69) is 10.6 Å². The average Bonchev–Trinajstić information content (AvgIpc) is 2.09. The fourth-order valence-corrected chi connectivity index (χ4v) is 1.96. The zero-order chi connectivity index (χ0) is 14.9. The number of β-amino-alcohol motifs (C(OH)–C–C–N with tert-alkyl or cyclic N) is 1. The molecule has 1 saturated heterocycles. The van der Waals surface area contributed by atoms with Crippen molar-refractivity contribution in [3.8, 4) is 0 Å². The van der Waals surface area contributed by atoms with Crippen molar-refractivity contribution >= 4 is 6.09 Å². The lowest BCUT2D eigenvalue weighted by atomic mass is 9.78. The van der Waals surface area contributed by atoms with E-state index in [-0.39, 0.29) is 11.5 Å². The fourth-order valence-electron chi connectivity index (χ4n) is 1.96. The van der Waals surface area contributed by atoms with Gasteiger partial charge in [0, 0.05) is 19.1 Å². The van der Waals surface area contributed by atoms with Gasteiger partial charge in [0.05, 0.1) is 5.60 Å². The molecule has 5 nitrogen and oxygen atoms in total. The number of rotatable bonds is 3. The summed E-state index contributed by atoms with van der Waals surface area (Å²) in [4.78, 5) is 11.9. The number of hydrogen-bond donors (Lipinski definition) is 3. The summed E-state index contributed by atoms with van der Waals surface area (Å²) in [5, 5.41) is 16.2. The molecule has 112 valence electrons. The Labute approximate surface area is 116 Å². The number of ether oxygens (including phenoxy) is 1. The summed E-state index contributed by atoms with van der Waals surface area (Å²) in [7, 11) is 0. The van der Waals surface area contributed by atoms with Gasteiger partial charge in [-0.25, -0.2) is 4.79 Å². The molecule has 0 spiro atoms. The second-order valence-corrected chi connectivity index (χ2v) is 7.60. The van der Waals surface area contributed by atoms with Gasteiger partial charge in [0.2, 0.25) is 0 Å². The molecule has 0 aromatic heterocycles. The van der Waals surface area contributed by atoms with Crippen LogP contribution in [0.1, 0.15) is 48.0 Å². The molecule has 0 aromatic rings. The van der Waals surface area contributed by atoms with Gasteiger partial charge in [-0.2, -0.15) is 0 Å². The lowest BCUT2D eigenvalue weighted by molar-refractivity contribution is -0.0364. The highest BCUT2D eigenvalue weighted by Gasteiger charge is 2.40. The minimum atomic E-state index is -0.715. The largest absolute Gasteiger partial charge is 0.444 e. The van der Waals surface area contributed by atoms with Crippen LogP contribution in [-0.4, -0.2) is 41.5 Å². The summed E-state index contributed by atoms with van der Waals surface area (Å²) >= 11 is 0. The van der Waals surface area contributed by atoms with Gasteiger partial charge >= 0.3 is 6.09 Å². The summed E-state index contributed by atoms with van der Waals surface area (Å²) in [5.41, 5.74) is -1.36. The average molecular weight is 272 g/mol. The Hall–Kier alpha value is -0.810. The molecule has 1 aliphatic rings. The summed E-state index contributed by atoms with van der Waals surface area (Å²) in [6.45, 7) is 12.8. The Kier molecular flexibility index (Phi) is 4.52. The van der Waals surface area contributed by atoms with Crippen molar-refractivity contribution in [3.63, 3.8) is 0 Å². The van der Waals surface area contributed by atoms with Crippen LogP contribution in [0.25, 0.3) is 0 Å². The maximum atomic E-state index is 11.9. The normalized spacial score (nSPS) is 20.4. The Morgan fingerprint density at radius 2 is 1.84 bits per heavy atom. The molecule has 1 rings (SSSR count). The summed E-state index contributed by atoms with van der Waals surface area (Å²) in [6, 6.07) is -0.130. The summed E-state index contributed by atoms with van der Waals surface area (Å²) in [5.74, 6) is 0. The van der Waals surface area contributed by atoms with Gasteiger partial charge in [0.25, 0.3) is 0 Å². The van der Waals surface area contributed by atoms with E-state index < -0.39 is 17.3 Å². The second kappa shape index (κ2) is 5.29. The van der Waals surface area contributed by atoms with E-state index in [1.54, 1.807) is 0 Å². The third-order valence-corrected chi connectivity index (χ3v) is 3.23. The first-order valence-electron chi connectivity index (χ1n) is 6.84. The molecule has 0 aromatic carbocycles. The maximum absolute atomic E-state index is 11.9. The van der Waals surface area contributed by atoms with Gasteiger partial charge < -0.3 is 20.5 Å². The number of carbonyl (C=O) groups is 1. The third-order valence-electron chi connectivity index (χ3n) is 3.23. The van der Waals surface area contributed by atoms with Crippen molar-refractivity contribution in [2.24, 2.45) is 5.41 Å².